The molecule has 4 nitrogen and oxygen atoms in total. The molecule has 0 aromatic heterocycles. The molecular weight excluding hydrogens is 386 g/mol. The molecule has 31 heavy (non-hydrogen) atoms. The van der Waals surface area contributed by atoms with Gasteiger partial charge in [0.05, 0.1) is 0 Å². The summed E-state index contributed by atoms with van der Waals surface area (Å²) in [4.78, 5) is 11.4. The molecule has 0 amide bonds. The molecule has 0 radical (unpaired) electrons. The van der Waals surface area contributed by atoms with Crippen LogP contribution >= 0.6 is 0 Å². The Morgan fingerprint density at radius 2 is 1.58 bits per heavy atom. The Hall–Kier alpha value is -3.53. The Balaban J connectivity index is 1.57. The number of rotatable bonds is 9. The second kappa shape index (κ2) is 9.98. The molecule has 0 saturated carbocycles. The van der Waals surface area contributed by atoms with Crippen LogP contribution in [0.25, 0.3) is 16.7 Å². The van der Waals surface area contributed by atoms with Gasteiger partial charge in [0.15, 0.2) is 0 Å². The van der Waals surface area contributed by atoms with Gasteiger partial charge in [-0.15, -0.1) is 0 Å². The first-order valence-corrected chi connectivity index (χ1v) is 10.5. The molecule has 3 aromatic carbocycles. The van der Waals surface area contributed by atoms with Crippen molar-refractivity contribution in [3.63, 3.8) is 0 Å². The van der Waals surface area contributed by atoms with Crippen molar-refractivity contribution in [3.8, 4) is 16.9 Å². The zero-order valence-corrected chi connectivity index (χ0v) is 18.3. The molecule has 2 N–H and O–H groups in total. The zero-order valence-electron chi connectivity index (χ0n) is 18.3. The van der Waals surface area contributed by atoms with Gasteiger partial charge in [-0.1, -0.05) is 67.6 Å². The molecule has 0 fully saturated rings. The van der Waals surface area contributed by atoms with Gasteiger partial charge in [-0.3, -0.25) is 0 Å². The van der Waals surface area contributed by atoms with E-state index < -0.39 is 11.6 Å². The molecule has 3 rings (SSSR count). The Labute approximate surface area is 184 Å². The molecule has 3 aromatic rings. The van der Waals surface area contributed by atoms with E-state index in [4.69, 9.17) is 4.74 Å². The van der Waals surface area contributed by atoms with Gasteiger partial charge < -0.3 is 15.2 Å². The van der Waals surface area contributed by atoms with Crippen LogP contribution in [0.2, 0.25) is 0 Å². The maximum absolute atomic E-state index is 11.4. The van der Waals surface area contributed by atoms with Crippen LogP contribution in [0, 0.1) is 0 Å². The molecule has 0 bridgehead atoms. The largest absolute Gasteiger partial charge is 0.478 e. The minimum Gasteiger partial charge on any atom is -0.478 e. The smallest absolute Gasteiger partial charge is 0.347 e. The molecule has 1 atom stereocenters. The van der Waals surface area contributed by atoms with Crippen LogP contribution in [0.3, 0.4) is 0 Å². The molecule has 0 heterocycles. The Morgan fingerprint density at radius 3 is 2.16 bits per heavy atom. The van der Waals surface area contributed by atoms with Crippen LogP contribution in [0.4, 0.5) is 5.69 Å². The van der Waals surface area contributed by atoms with Gasteiger partial charge in [0, 0.05) is 12.2 Å². The molecular formula is C27H29NO3. The van der Waals surface area contributed by atoms with Crippen LogP contribution in [0.15, 0.2) is 84.9 Å². The monoisotopic (exact) mass is 415 g/mol. The number of carbonyl (C=O) groups is 1. The van der Waals surface area contributed by atoms with Crippen molar-refractivity contribution in [2.45, 2.75) is 32.8 Å². The van der Waals surface area contributed by atoms with E-state index in [2.05, 4.69) is 54.7 Å². The average Bonchev–Trinajstić information content (AvgIpc) is 2.80. The lowest BCUT2D eigenvalue weighted by Gasteiger charge is -2.24. The zero-order chi connectivity index (χ0) is 22.3. The van der Waals surface area contributed by atoms with Gasteiger partial charge in [0.25, 0.3) is 0 Å². The summed E-state index contributed by atoms with van der Waals surface area (Å²) in [6.07, 6.45) is 2.54. The third-order valence-electron chi connectivity index (χ3n) is 5.49. The number of hydrogen-bond acceptors (Lipinski definition) is 3. The topological polar surface area (TPSA) is 58.6 Å². The van der Waals surface area contributed by atoms with Gasteiger partial charge in [-0.25, -0.2) is 4.79 Å². The molecule has 0 spiro atoms. The minimum absolute atomic E-state index is 0.388. The molecule has 160 valence electrons. The van der Waals surface area contributed by atoms with Gasteiger partial charge in [0.2, 0.25) is 5.60 Å². The molecule has 0 aliphatic rings. The maximum atomic E-state index is 11.4. The third-order valence-corrected chi connectivity index (χ3v) is 5.49. The molecule has 0 unspecified atom stereocenters. The lowest BCUT2D eigenvalue weighted by atomic mass is 10.0. The van der Waals surface area contributed by atoms with Gasteiger partial charge in [0.1, 0.15) is 5.75 Å². The van der Waals surface area contributed by atoms with Crippen molar-refractivity contribution in [1.29, 1.82) is 0 Å². The standard InChI is InChI=1S/C27H29NO3/c1-4-27(3,26(29)30)31-25-16-14-24(15-17-25)28-19-18-20(2)21-10-12-23(13-11-21)22-8-6-5-7-9-22/h5-18,28H,4,19H2,1-3H3,(H,29,30)/b20-18+/t27-/m0/s1. The Bertz CT molecular complexity index is 1020. The summed E-state index contributed by atoms with van der Waals surface area (Å²) in [5.41, 5.74) is 4.55. The molecule has 4 heteroatoms. The highest BCUT2D eigenvalue weighted by atomic mass is 16.5. The number of carboxylic acids is 1. The van der Waals surface area contributed by atoms with Crippen LogP contribution < -0.4 is 10.1 Å². The fraction of sp³-hybridized carbons (Fsp3) is 0.222. The van der Waals surface area contributed by atoms with E-state index in [-0.39, 0.29) is 0 Å². The van der Waals surface area contributed by atoms with Gasteiger partial charge in [-0.2, -0.15) is 0 Å². The summed E-state index contributed by atoms with van der Waals surface area (Å²) in [5, 5.41) is 12.7. The highest BCUT2D eigenvalue weighted by Crippen LogP contribution is 2.24. The fourth-order valence-electron chi connectivity index (χ4n) is 3.16. The predicted octanol–water partition coefficient (Wildman–Crippen LogP) is 6.50. The quantitative estimate of drug-likeness (QED) is 0.419. The molecule has 0 saturated heterocycles. The second-order valence-electron chi connectivity index (χ2n) is 7.73. The number of carboxylic acid groups (broad SMARTS) is 1. The first kappa shape index (κ1) is 22.2. The predicted molar refractivity (Wildman–Crippen MR) is 127 cm³/mol. The van der Waals surface area contributed by atoms with Gasteiger partial charge >= 0.3 is 5.97 Å². The second-order valence-corrected chi connectivity index (χ2v) is 7.73. The normalized spacial score (nSPS) is 13.3. The lowest BCUT2D eigenvalue weighted by Crippen LogP contribution is -2.40. The van der Waals surface area contributed by atoms with Crippen molar-refractivity contribution >= 4 is 17.2 Å². The summed E-state index contributed by atoms with van der Waals surface area (Å²) >= 11 is 0. The summed E-state index contributed by atoms with van der Waals surface area (Å²) in [6.45, 7) is 6.18. The summed E-state index contributed by atoms with van der Waals surface area (Å²) < 4.78 is 5.67. The third kappa shape index (κ3) is 5.76. The van der Waals surface area contributed by atoms with Crippen molar-refractivity contribution in [3.05, 3.63) is 90.5 Å². The Kier molecular flexibility index (Phi) is 7.14. The average molecular weight is 416 g/mol. The number of ether oxygens (including phenoxy) is 1. The van der Waals surface area contributed by atoms with Gasteiger partial charge in [-0.05, 0) is 66.8 Å². The SMILES string of the molecule is CC[C@](C)(Oc1ccc(NC/C=C(\C)c2ccc(-c3ccccc3)cc2)cc1)C(=O)O. The van der Waals surface area contributed by atoms with E-state index in [0.29, 0.717) is 18.7 Å². The van der Waals surface area contributed by atoms with Crippen molar-refractivity contribution < 1.29 is 14.6 Å². The minimum atomic E-state index is -1.22. The van der Waals surface area contributed by atoms with E-state index >= 15 is 0 Å². The van der Waals surface area contributed by atoms with Crippen molar-refractivity contribution in [1.82, 2.24) is 0 Å². The van der Waals surface area contributed by atoms with Crippen LogP contribution in [0.1, 0.15) is 32.8 Å². The van der Waals surface area contributed by atoms with Crippen LogP contribution in [0.5, 0.6) is 5.75 Å². The summed E-state index contributed by atoms with van der Waals surface area (Å²) in [7, 11) is 0. The van der Waals surface area contributed by atoms with Crippen LogP contribution in [-0.2, 0) is 4.79 Å². The van der Waals surface area contributed by atoms with Crippen molar-refractivity contribution in [2.75, 3.05) is 11.9 Å². The maximum Gasteiger partial charge on any atom is 0.347 e. The van der Waals surface area contributed by atoms with E-state index in [0.717, 1.165) is 5.69 Å². The number of aliphatic carboxylic acids is 1. The van der Waals surface area contributed by atoms with E-state index in [1.54, 1.807) is 26.0 Å². The van der Waals surface area contributed by atoms with E-state index in [9.17, 15) is 9.90 Å². The Morgan fingerprint density at radius 1 is 0.968 bits per heavy atom. The number of nitrogens with one attached hydrogen (secondary N) is 1. The fourth-order valence-corrected chi connectivity index (χ4v) is 3.16. The first-order chi connectivity index (χ1) is 14.9. The molecule has 0 aliphatic heterocycles. The number of benzene rings is 3. The first-order valence-electron chi connectivity index (χ1n) is 10.5. The highest BCUT2D eigenvalue weighted by Gasteiger charge is 2.33. The summed E-state index contributed by atoms with van der Waals surface area (Å²) in [6, 6.07) is 26.3. The van der Waals surface area contributed by atoms with Crippen molar-refractivity contribution in [2.24, 2.45) is 0 Å². The van der Waals surface area contributed by atoms with Crippen LogP contribution in [-0.4, -0.2) is 23.2 Å². The highest BCUT2D eigenvalue weighted by molar-refractivity contribution is 5.77. The van der Waals surface area contributed by atoms with E-state index in [1.165, 1.54) is 22.3 Å². The number of hydrogen-bond donors (Lipinski definition) is 2. The summed E-state index contributed by atoms with van der Waals surface area (Å²) in [5.74, 6) is -0.419. The number of anilines is 1. The number of allylic oxidation sites excluding steroid dienone is 1. The lowest BCUT2D eigenvalue weighted by molar-refractivity contribution is -0.154. The molecule has 0 aliphatic carbocycles. The van der Waals surface area contributed by atoms with E-state index in [1.807, 2.05) is 30.3 Å².